The van der Waals surface area contributed by atoms with Crippen LogP contribution < -0.4 is 0 Å². The topological polar surface area (TPSA) is 17.1 Å². The maximum atomic E-state index is 12.0. The summed E-state index contributed by atoms with van der Waals surface area (Å²) in [6.45, 7) is 2.00. The number of carbonyl (C=O) groups excluding carboxylic acids is 1. The summed E-state index contributed by atoms with van der Waals surface area (Å²) >= 11 is 6.15. The molecule has 0 amide bonds. The number of ketones is 1. The monoisotopic (exact) mass is 262 g/mol. The number of allylic oxidation sites excluding steroid dienone is 2. The molecule has 0 fully saturated rings. The van der Waals surface area contributed by atoms with E-state index in [1.165, 1.54) is 18.4 Å². The third-order valence-corrected chi connectivity index (χ3v) is 3.76. The van der Waals surface area contributed by atoms with Crippen LogP contribution in [0.5, 0.6) is 0 Å². The van der Waals surface area contributed by atoms with Crippen molar-refractivity contribution in [3.8, 4) is 0 Å². The number of halogens is 1. The molecular formula is C16H19ClO. The third-order valence-electron chi connectivity index (χ3n) is 3.41. The highest BCUT2D eigenvalue weighted by molar-refractivity contribution is 6.31. The summed E-state index contributed by atoms with van der Waals surface area (Å²) in [5.41, 5.74) is 3.39. The summed E-state index contributed by atoms with van der Waals surface area (Å²) in [6, 6.07) is 5.89. The molecule has 0 saturated heterocycles. The Morgan fingerprint density at radius 3 is 2.78 bits per heavy atom. The van der Waals surface area contributed by atoms with Gasteiger partial charge in [0.1, 0.15) is 5.78 Å². The Balaban J connectivity index is 1.96. The number of carbonyl (C=O) groups is 1. The summed E-state index contributed by atoms with van der Waals surface area (Å²) < 4.78 is 0. The summed E-state index contributed by atoms with van der Waals surface area (Å²) in [5, 5.41) is 0.709. The number of hydrogen-bond donors (Lipinski definition) is 0. The fraction of sp³-hybridized carbons (Fsp3) is 0.438. The number of hydrogen-bond acceptors (Lipinski definition) is 1. The Kier molecular flexibility index (Phi) is 4.60. The van der Waals surface area contributed by atoms with Gasteiger partial charge >= 0.3 is 0 Å². The van der Waals surface area contributed by atoms with E-state index in [0.29, 0.717) is 17.9 Å². The molecule has 0 N–H and O–H groups in total. The first-order chi connectivity index (χ1) is 8.65. The van der Waals surface area contributed by atoms with Crippen molar-refractivity contribution in [2.24, 2.45) is 0 Å². The first-order valence-corrected chi connectivity index (χ1v) is 6.97. The van der Waals surface area contributed by atoms with Gasteiger partial charge in [0.15, 0.2) is 0 Å². The molecule has 0 aromatic heterocycles. The van der Waals surface area contributed by atoms with Gasteiger partial charge in [0.05, 0.1) is 0 Å². The maximum absolute atomic E-state index is 12.0. The number of Topliss-reactive ketones (excluding diaryl/α,β-unsaturated/α-hetero) is 1. The fourth-order valence-corrected chi connectivity index (χ4v) is 2.69. The highest BCUT2D eigenvalue weighted by atomic mass is 35.5. The van der Waals surface area contributed by atoms with Crippen molar-refractivity contribution >= 4 is 17.4 Å². The van der Waals surface area contributed by atoms with Crippen molar-refractivity contribution in [3.05, 3.63) is 46.0 Å². The van der Waals surface area contributed by atoms with Crippen LogP contribution in [0.3, 0.4) is 0 Å². The van der Waals surface area contributed by atoms with Gasteiger partial charge in [-0.25, -0.2) is 0 Å². The Morgan fingerprint density at radius 2 is 2.11 bits per heavy atom. The van der Waals surface area contributed by atoms with Crippen LogP contribution in [0.4, 0.5) is 0 Å². The molecule has 0 radical (unpaired) electrons. The zero-order valence-corrected chi connectivity index (χ0v) is 11.6. The van der Waals surface area contributed by atoms with Gasteiger partial charge in [0.2, 0.25) is 0 Å². The van der Waals surface area contributed by atoms with Gasteiger partial charge in [0.25, 0.3) is 0 Å². The lowest BCUT2D eigenvalue weighted by molar-refractivity contribution is -0.117. The highest BCUT2D eigenvalue weighted by Crippen LogP contribution is 2.23. The molecule has 0 unspecified atom stereocenters. The Labute approximate surface area is 114 Å². The van der Waals surface area contributed by atoms with Crippen LogP contribution >= 0.6 is 11.6 Å². The van der Waals surface area contributed by atoms with Gasteiger partial charge in [-0.1, -0.05) is 35.4 Å². The molecule has 96 valence electrons. The Bertz CT molecular complexity index is 474. The Hall–Kier alpha value is -1.08. The van der Waals surface area contributed by atoms with E-state index in [0.717, 1.165) is 24.0 Å². The smallest absolute Gasteiger partial charge is 0.141 e. The van der Waals surface area contributed by atoms with Crippen molar-refractivity contribution < 1.29 is 4.79 Å². The molecule has 0 atom stereocenters. The molecule has 0 saturated carbocycles. The zero-order chi connectivity index (χ0) is 13.0. The molecule has 18 heavy (non-hydrogen) atoms. The molecular weight excluding hydrogens is 244 g/mol. The van der Waals surface area contributed by atoms with Crippen molar-refractivity contribution in [1.82, 2.24) is 0 Å². The van der Waals surface area contributed by atoms with E-state index < -0.39 is 0 Å². The lowest BCUT2D eigenvalue weighted by Crippen LogP contribution is -2.06. The van der Waals surface area contributed by atoms with Crippen LogP contribution in [-0.4, -0.2) is 5.78 Å². The lowest BCUT2D eigenvalue weighted by Gasteiger charge is -2.12. The fourth-order valence-electron chi connectivity index (χ4n) is 2.39. The predicted octanol–water partition coefficient (Wildman–Crippen LogP) is 4.65. The molecule has 0 spiro atoms. The second-order valence-electron chi connectivity index (χ2n) is 5.10. The van der Waals surface area contributed by atoms with Crippen molar-refractivity contribution in [2.75, 3.05) is 0 Å². The lowest BCUT2D eigenvalue weighted by atomic mass is 9.94. The van der Waals surface area contributed by atoms with E-state index in [1.54, 1.807) is 0 Å². The van der Waals surface area contributed by atoms with Crippen LogP contribution in [-0.2, 0) is 11.2 Å². The van der Waals surface area contributed by atoms with Crippen molar-refractivity contribution in [2.45, 2.75) is 45.4 Å². The van der Waals surface area contributed by atoms with Crippen LogP contribution in [0.25, 0.3) is 0 Å². The summed E-state index contributed by atoms with van der Waals surface area (Å²) in [6.07, 6.45) is 8.01. The molecule has 2 heteroatoms. The van der Waals surface area contributed by atoms with Crippen LogP contribution in [0.2, 0.25) is 5.02 Å². The van der Waals surface area contributed by atoms with Crippen LogP contribution in [0, 0.1) is 6.92 Å². The van der Waals surface area contributed by atoms with Gasteiger partial charge < -0.3 is 0 Å². The van der Waals surface area contributed by atoms with E-state index >= 15 is 0 Å². The molecule has 1 aliphatic carbocycles. The van der Waals surface area contributed by atoms with Gasteiger partial charge in [-0.15, -0.1) is 0 Å². The van der Waals surface area contributed by atoms with Crippen molar-refractivity contribution in [1.29, 1.82) is 0 Å². The largest absolute Gasteiger partial charge is 0.299 e. The number of rotatable bonds is 4. The minimum Gasteiger partial charge on any atom is -0.299 e. The van der Waals surface area contributed by atoms with E-state index in [1.807, 2.05) is 25.1 Å². The van der Waals surface area contributed by atoms with Gasteiger partial charge in [-0.2, -0.15) is 0 Å². The van der Waals surface area contributed by atoms with Crippen molar-refractivity contribution in [3.63, 3.8) is 0 Å². The van der Waals surface area contributed by atoms with E-state index in [2.05, 4.69) is 6.08 Å². The molecule has 0 aliphatic heterocycles. The van der Waals surface area contributed by atoms with Crippen LogP contribution in [0.1, 0.15) is 43.2 Å². The van der Waals surface area contributed by atoms with E-state index in [-0.39, 0.29) is 5.78 Å². The van der Waals surface area contributed by atoms with Gasteiger partial charge in [-0.3, -0.25) is 4.79 Å². The van der Waals surface area contributed by atoms with E-state index in [9.17, 15) is 4.79 Å². The zero-order valence-electron chi connectivity index (χ0n) is 10.8. The maximum Gasteiger partial charge on any atom is 0.141 e. The summed E-state index contributed by atoms with van der Waals surface area (Å²) in [5.74, 6) is 0.272. The molecule has 2 rings (SSSR count). The minimum absolute atomic E-state index is 0.272. The first-order valence-electron chi connectivity index (χ1n) is 6.60. The predicted molar refractivity (Wildman–Crippen MR) is 76.1 cm³/mol. The number of aryl methyl sites for hydroxylation is 1. The summed E-state index contributed by atoms with van der Waals surface area (Å²) in [7, 11) is 0. The van der Waals surface area contributed by atoms with E-state index in [4.69, 9.17) is 11.6 Å². The standard InChI is InChI=1S/C16H19ClO/c1-12-7-8-14(16(17)9-12)11-15(18)10-13-5-3-2-4-6-13/h5,7-9H,2-4,6,10-11H2,1H3. The average Bonchev–Trinajstić information content (AvgIpc) is 2.34. The highest BCUT2D eigenvalue weighted by Gasteiger charge is 2.11. The second-order valence-corrected chi connectivity index (χ2v) is 5.50. The van der Waals surface area contributed by atoms with Gasteiger partial charge in [-0.05, 0) is 49.8 Å². The second kappa shape index (κ2) is 6.19. The normalized spacial score (nSPS) is 15.3. The summed E-state index contributed by atoms with van der Waals surface area (Å²) in [4.78, 5) is 12.0. The SMILES string of the molecule is Cc1ccc(CC(=O)CC2=CCCCC2)c(Cl)c1. The first kappa shape index (κ1) is 13.4. The average molecular weight is 263 g/mol. The minimum atomic E-state index is 0.272. The third kappa shape index (κ3) is 3.71. The Morgan fingerprint density at radius 1 is 1.28 bits per heavy atom. The molecule has 0 bridgehead atoms. The molecule has 1 nitrogen and oxygen atoms in total. The molecule has 1 aromatic carbocycles. The van der Waals surface area contributed by atoms with Gasteiger partial charge in [0, 0.05) is 17.9 Å². The molecule has 1 aromatic rings. The quantitative estimate of drug-likeness (QED) is 0.722. The molecule has 1 aliphatic rings. The number of benzene rings is 1. The molecule has 0 heterocycles. The van der Waals surface area contributed by atoms with Crippen LogP contribution in [0.15, 0.2) is 29.8 Å².